The molecule has 0 saturated carbocycles. The molecule has 1 N–H and O–H groups in total. The molecule has 0 unspecified atom stereocenters. The lowest BCUT2D eigenvalue weighted by molar-refractivity contribution is 0.281. The van der Waals surface area contributed by atoms with Gasteiger partial charge in [-0.1, -0.05) is 12.1 Å². The summed E-state index contributed by atoms with van der Waals surface area (Å²) in [6.07, 6.45) is 2.83. The van der Waals surface area contributed by atoms with Crippen LogP contribution in [-0.2, 0) is 6.61 Å². The Labute approximate surface area is 90.3 Å². The summed E-state index contributed by atoms with van der Waals surface area (Å²) >= 11 is 0. The predicted molar refractivity (Wildman–Crippen MR) is 59.1 cm³/mol. The zero-order chi connectivity index (χ0) is 11.1. The molecule has 1 aliphatic rings. The van der Waals surface area contributed by atoms with Crippen molar-refractivity contribution in [2.45, 2.75) is 19.4 Å². The van der Waals surface area contributed by atoms with E-state index >= 15 is 0 Å². The number of benzene rings is 1. The Hall–Kier alpha value is -0.930. The van der Waals surface area contributed by atoms with Crippen molar-refractivity contribution in [3.8, 4) is 0 Å². The van der Waals surface area contributed by atoms with Crippen LogP contribution in [0.3, 0.4) is 0 Å². The van der Waals surface area contributed by atoms with E-state index in [9.17, 15) is 4.39 Å². The zero-order valence-electron chi connectivity index (χ0n) is 9.12. The van der Waals surface area contributed by atoms with Gasteiger partial charge in [0, 0.05) is 0 Å². The van der Waals surface area contributed by atoms with Crippen LogP contribution in [-0.4, -0.2) is 30.1 Å². The molecule has 1 saturated heterocycles. The van der Waals surface area contributed by atoms with E-state index in [-0.39, 0.29) is 12.4 Å². The summed E-state index contributed by atoms with van der Waals surface area (Å²) in [5, 5.41) is 8.51. The Bertz CT molecular complexity index is 267. The topological polar surface area (TPSA) is 23.5 Å². The maximum Gasteiger partial charge on any atom is 0.123 e. The lowest BCUT2D eigenvalue weighted by Crippen LogP contribution is -2.10. The molecule has 3 heteroatoms. The van der Waals surface area contributed by atoms with Gasteiger partial charge in [0.05, 0.1) is 6.61 Å². The fraction of sp³-hybridized carbons (Fsp3) is 0.500. The van der Waals surface area contributed by atoms with Crippen molar-refractivity contribution >= 4 is 0 Å². The van der Waals surface area contributed by atoms with Crippen LogP contribution in [0.25, 0.3) is 0 Å². The molecule has 0 spiro atoms. The standard InChI is InChI=1S/C7H7FO.C5H11N/c8-7-3-1-6(5-9)2-4-7;1-6-4-2-3-5-6/h1-4,9H,5H2;2-5H2,1H3. The zero-order valence-corrected chi connectivity index (χ0v) is 9.12. The first-order valence-corrected chi connectivity index (χ1v) is 5.26. The van der Waals surface area contributed by atoms with Crippen molar-refractivity contribution in [3.05, 3.63) is 35.6 Å². The third-order valence-electron chi connectivity index (χ3n) is 2.43. The van der Waals surface area contributed by atoms with E-state index in [0.29, 0.717) is 0 Å². The van der Waals surface area contributed by atoms with E-state index in [1.807, 2.05) is 0 Å². The molecular weight excluding hydrogens is 193 g/mol. The second-order valence-corrected chi connectivity index (χ2v) is 3.79. The Balaban J connectivity index is 0.000000162. The van der Waals surface area contributed by atoms with Gasteiger partial charge in [-0.05, 0) is 50.7 Å². The van der Waals surface area contributed by atoms with E-state index < -0.39 is 0 Å². The molecule has 0 atom stereocenters. The number of aliphatic hydroxyl groups is 1. The molecule has 84 valence electrons. The van der Waals surface area contributed by atoms with Gasteiger partial charge >= 0.3 is 0 Å². The first-order chi connectivity index (χ1) is 7.22. The molecular formula is C12H18FNO. The van der Waals surface area contributed by atoms with Crippen LogP contribution in [0.1, 0.15) is 18.4 Å². The van der Waals surface area contributed by atoms with Gasteiger partial charge in [-0.25, -0.2) is 4.39 Å². The number of rotatable bonds is 1. The van der Waals surface area contributed by atoms with E-state index in [1.54, 1.807) is 12.1 Å². The van der Waals surface area contributed by atoms with Gasteiger partial charge in [-0.15, -0.1) is 0 Å². The number of nitrogens with zero attached hydrogens (tertiary/aromatic N) is 1. The molecule has 1 aliphatic heterocycles. The second kappa shape index (κ2) is 6.53. The molecule has 0 bridgehead atoms. The molecule has 1 aromatic rings. The maximum atomic E-state index is 12.1. The molecule has 1 heterocycles. The van der Waals surface area contributed by atoms with Crippen molar-refractivity contribution in [2.24, 2.45) is 0 Å². The SMILES string of the molecule is CN1CCCC1.OCc1ccc(F)cc1. The van der Waals surface area contributed by atoms with Gasteiger partial charge in [0.15, 0.2) is 0 Å². The highest BCUT2D eigenvalue weighted by molar-refractivity contribution is 5.14. The lowest BCUT2D eigenvalue weighted by atomic mass is 10.2. The summed E-state index contributed by atoms with van der Waals surface area (Å²) in [6.45, 7) is 2.61. The van der Waals surface area contributed by atoms with E-state index in [2.05, 4.69) is 11.9 Å². The van der Waals surface area contributed by atoms with Gasteiger partial charge < -0.3 is 10.0 Å². The molecule has 15 heavy (non-hydrogen) atoms. The number of hydrogen-bond donors (Lipinski definition) is 1. The molecule has 2 nitrogen and oxygen atoms in total. The normalized spacial score (nSPS) is 15.9. The molecule has 1 aromatic carbocycles. The predicted octanol–water partition coefficient (Wildman–Crippen LogP) is 2.03. The summed E-state index contributed by atoms with van der Waals surface area (Å²) in [7, 11) is 2.17. The summed E-state index contributed by atoms with van der Waals surface area (Å²) < 4.78 is 12.1. The highest BCUT2D eigenvalue weighted by Crippen LogP contribution is 2.02. The quantitative estimate of drug-likeness (QED) is 0.768. The van der Waals surface area contributed by atoms with Crippen LogP contribution < -0.4 is 0 Å². The highest BCUT2D eigenvalue weighted by Gasteiger charge is 2.03. The third-order valence-corrected chi connectivity index (χ3v) is 2.43. The van der Waals surface area contributed by atoms with Gasteiger partial charge in [0.25, 0.3) is 0 Å². The molecule has 0 amide bonds. The Morgan fingerprint density at radius 3 is 2.07 bits per heavy atom. The average Bonchev–Trinajstić information content (AvgIpc) is 2.71. The Kier molecular flexibility index (Phi) is 5.29. The summed E-state index contributed by atoms with van der Waals surface area (Å²) in [5.41, 5.74) is 0.733. The minimum atomic E-state index is -0.271. The average molecular weight is 211 g/mol. The summed E-state index contributed by atoms with van der Waals surface area (Å²) in [6, 6.07) is 5.75. The van der Waals surface area contributed by atoms with Gasteiger partial charge in [0.2, 0.25) is 0 Å². The minimum absolute atomic E-state index is 0.0275. The Morgan fingerprint density at radius 2 is 1.73 bits per heavy atom. The highest BCUT2D eigenvalue weighted by atomic mass is 19.1. The van der Waals surface area contributed by atoms with Crippen molar-refractivity contribution in [3.63, 3.8) is 0 Å². The third kappa shape index (κ3) is 4.91. The van der Waals surface area contributed by atoms with E-state index in [0.717, 1.165) is 5.56 Å². The number of hydrogen-bond acceptors (Lipinski definition) is 2. The summed E-state index contributed by atoms with van der Waals surface area (Å²) in [4.78, 5) is 2.36. The van der Waals surface area contributed by atoms with Crippen LogP contribution in [0.2, 0.25) is 0 Å². The molecule has 0 radical (unpaired) electrons. The van der Waals surface area contributed by atoms with Crippen molar-refractivity contribution in [2.75, 3.05) is 20.1 Å². The van der Waals surface area contributed by atoms with Crippen LogP contribution in [0.15, 0.2) is 24.3 Å². The summed E-state index contributed by atoms with van der Waals surface area (Å²) in [5.74, 6) is -0.271. The first-order valence-electron chi connectivity index (χ1n) is 5.26. The van der Waals surface area contributed by atoms with Crippen molar-refractivity contribution < 1.29 is 9.50 Å². The van der Waals surface area contributed by atoms with Crippen molar-refractivity contribution in [1.82, 2.24) is 4.90 Å². The van der Waals surface area contributed by atoms with Crippen LogP contribution in [0.5, 0.6) is 0 Å². The molecule has 2 rings (SSSR count). The molecule has 0 aromatic heterocycles. The second-order valence-electron chi connectivity index (χ2n) is 3.79. The van der Waals surface area contributed by atoms with E-state index in [1.165, 1.54) is 38.1 Å². The largest absolute Gasteiger partial charge is 0.392 e. The van der Waals surface area contributed by atoms with Crippen LogP contribution >= 0.6 is 0 Å². The minimum Gasteiger partial charge on any atom is -0.392 e. The number of aliphatic hydroxyl groups excluding tert-OH is 1. The van der Waals surface area contributed by atoms with Gasteiger partial charge in [0.1, 0.15) is 5.82 Å². The monoisotopic (exact) mass is 211 g/mol. The van der Waals surface area contributed by atoms with Gasteiger partial charge in [-0.2, -0.15) is 0 Å². The fourth-order valence-corrected chi connectivity index (χ4v) is 1.47. The smallest absolute Gasteiger partial charge is 0.123 e. The number of likely N-dealkylation sites (tertiary alicyclic amines) is 1. The lowest BCUT2D eigenvalue weighted by Gasteiger charge is -2.01. The van der Waals surface area contributed by atoms with Crippen LogP contribution in [0.4, 0.5) is 4.39 Å². The fourth-order valence-electron chi connectivity index (χ4n) is 1.47. The molecule has 0 aliphatic carbocycles. The Morgan fingerprint density at radius 1 is 1.20 bits per heavy atom. The molecule has 1 fully saturated rings. The van der Waals surface area contributed by atoms with Crippen molar-refractivity contribution in [1.29, 1.82) is 0 Å². The number of halogens is 1. The van der Waals surface area contributed by atoms with Crippen LogP contribution in [0, 0.1) is 5.82 Å². The first kappa shape index (κ1) is 12.1. The van der Waals surface area contributed by atoms with Gasteiger partial charge in [-0.3, -0.25) is 0 Å². The van der Waals surface area contributed by atoms with E-state index in [4.69, 9.17) is 5.11 Å². The maximum absolute atomic E-state index is 12.1.